The number of fused-ring (bicyclic) bond motifs is 1. The molecular formula is C21H24N2O3S. The van der Waals surface area contributed by atoms with E-state index in [9.17, 15) is 13.2 Å². The Kier molecular flexibility index (Phi) is 4.78. The highest BCUT2D eigenvalue weighted by Crippen LogP contribution is 2.26. The van der Waals surface area contributed by atoms with Crippen molar-refractivity contribution in [2.75, 3.05) is 18.4 Å². The molecule has 1 saturated heterocycles. The van der Waals surface area contributed by atoms with E-state index in [1.54, 1.807) is 12.1 Å². The van der Waals surface area contributed by atoms with Gasteiger partial charge in [-0.15, -0.1) is 0 Å². The number of amides is 1. The van der Waals surface area contributed by atoms with Gasteiger partial charge in [-0.3, -0.25) is 4.79 Å². The van der Waals surface area contributed by atoms with Gasteiger partial charge in [0.15, 0.2) is 0 Å². The lowest BCUT2D eigenvalue weighted by Gasteiger charge is -2.17. The molecule has 0 unspecified atom stereocenters. The van der Waals surface area contributed by atoms with Crippen LogP contribution in [0.15, 0.2) is 41.3 Å². The van der Waals surface area contributed by atoms with Gasteiger partial charge in [-0.1, -0.05) is 12.1 Å². The number of aryl methyl sites for hydroxylation is 3. The second-order valence-corrected chi connectivity index (χ2v) is 9.32. The molecule has 1 fully saturated rings. The molecule has 0 spiro atoms. The Balaban J connectivity index is 1.60. The van der Waals surface area contributed by atoms with Crippen LogP contribution in [0.2, 0.25) is 0 Å². The maximum Gasteiger partial charge on any atom is 0.255 e. The summed E-state index contributed by atoms with van der Waals surface area (Å²) in [6.07, 6.45) is 5.07. The molecule has 6 heteroatoms. The number of nitrogens with one attached hydrogen (secondary N) is 1. The Hall–Kier alpha value is -2.18. The Bertz CT molecular complexity index is 992. The highest BCUT2D eigenvalue weighted by Gasteiger charge is 2.28. The molecule has 1 amide bonds. The van der Waals surface area contributed by atoms with E-state index in [1.807, 2.05) is 19.1 Å². The number of carbonyl (C=O) groups is 1. The van der Waals surface area contributed by atoms with Crippen molar-refractivity contribution < 1.29 is 13.2 Å². The summed E-state index contributed by atoms with van der Waals surface area (Å²) in [6, 6.07) is 10.8. The van der Waals surface area contributed by atoms with Gasteiger partial charge in [0.05, 0.1) is 4.90 Å². The zero-order valence-corrected chi connectivity index (χ0v) is 16.3. The van der Waals surface area contributed by atoms with E-state index in [1.165, 1.54) is 21.5 Å². The Morgan fingerprint density at radius 3 is 2.48 bits per heavy atom. The lowest BCUT2D eigenvalue weighted by atomic mass is 10.1. The van der Waals surface area contributed by atoms with Gasteiger partial charge in [-0.05, 0) is 80.0 Å². The van der Waals surface area contributed by atoms with Crippen LogP contribution >= 0.6 is 0 Å². The molecule has 0 radical (unpaired) electrons. The number of carbonyl (C=O) groups excluding carboxylic acids is 1. The van der Waals surface area contributed by atoms with Crippen molar-refractivity contribution in [3.05, 3.63) is 58.7 Å². The zero-order chi connectivity index (χ0) is 19.0. The monoisotopic (exact) mass is 384 g/mol. The Morgan fingerprint density at radius 1 is 0.963 bits per heavy atom. The fourth-order valence-corrected chi connectivity index (χ4v) is 5.48. The summed E-state index contributed by atoms with van der Waals surface area (Å²) in [5.74, 6) is -0.274. The van der Waals surface area contributed by atoms with E-state index >= 15 is 0 Å². The van der Waals surface area contributed by atoms with Crippen LogP contribution < -0.4 is 5.32 Å². The predicted octanol–water partition coefficient (Wildman–Crippen LogP) is 3.52. The van der Waals surface area contributed by atoms with Crippen molar-refractivity contribution in [3.63, 3.8) is 0 Å². The number of sulfonamides is 1. The standard InChI is InChI=1S/C21H24N2O3S/c1-15-7-10-19(27(25,26)23-11-2-3-12-23)14-20(15)21(24)22-18-9-8-16-5-4-6-17(16)13-18/h7-10,13-14H,2-6,11-12H2,1H3,(H,22,24). The lowest BCUT2D eigenvalue weighted by molar-refractivity contribution is 0.102. The van der Waals surface area contributed by atoms with Crippen LogP contribution in [-0.2, 0) is 22.9 Å². The quantitative estimate of drug-likeness (QED) is 0.877. The van der Waals surface area contributed by atoms with E-state index < -0.39 is 10.0 Å². The molecule has 5 nitrogen and oxygen atoms in total. The minimum Gasteiger partial charge on any atom is -0.322 e. The van der Waals surface area contributed by atoms with Crippen molar-refractivity contribution in [1.29, 1.82) is 0 Å². The molecule has 0 bridgehead atoms. The molecule has 1 aliphatic heterocycles. The SMILES string of the molecule is Cc1ccc(S(=O)(=O)N2CCCC2)cc1C(=O)Nc1ccc2c(c1)CCC2. The first kappa shape index (κ1) is 18.2. The van der Waals surface area contributed by atoms with Crippen LogP contribution in [0.1, 0.15) is 46.3 Å². The summed E-state index contributed by atoms with van der Waals surface area (Å²) in [5, 5.41) is 2.93. The Labute approximate surface area is 160 Å². The van der Waals surface area contributed by atoms with Gasteiger partial charge in [0, 0.05) is 24.3 Å². The fraction of sp³-hybridized carbons (Fsp3) is 0.381. The molecule has 2 aromatic carbocycles. The number of hydrogen-bond acceptors (Lipinski definition) is 3. The van der Waals surface area contributed by atoms with Crippen LogP contribution in [0.4, 0.5) is 5.69 Å². The van der Waals surface area contributed by atoms with E-state index in [0.717, 1.165) is 43.4 Å². The third kappa shape index (κ3) is 3.51. The van der Waals surface area contributed by atoms with Crippen molar-refractivity contribution in [2.45, 2.75) is 43.9 Å². The summed E-state index contributed by atoms with van der Waals surface area (Å²) in [6.45, 7) is 2.92. The second-order valence-electron chi connectivity index (χ2n) is 7.38. The van der Waals surface area contributed by atoms with Crippen LogP contribution in [0.25, 0.3) is 0 Å². The summed E-state index contributed by atoms with van der Waals surface area (Å²) in [7, 11) is -3.54. The van der Waals surface area contributed by atoms with Crippen LogP contribution in [0, 0.1) is 6.92 Å². The van der Waals surface area contributed by atoms with Crippen molar-refractivity contribution >= 4 is 21.6 Å². The summed E-state index contributed by atoms with van der Waals surface area (Å²) >= 11 is 0. The van der Waals surface area contributed by atoms with Crippen molar-refractivity contribution in [3.8, 4) is 0 Å². The molecule has 4 rings (SSSR count). The number of anilines is 1. The normalized spacial score (nSPS) is 17.1. The van der Waals surface area contributed by atoms with Gasteiger partial charge in [-0.25, -0.2) is 8.42 Å². The maximum absolute atomic E-state index is 12.8. The third-order valence-corrected chi connectivity index (χ3v) is 7.41. The lowest BCUT2D eigenvalue weighted by Crippen LogP contribution is -2.28. The molecule has 0 saturated carbocycles. The van der Waals surface area contributed by atoms with Crippen LogP contribution in [0.5, 0.6) is 0 Å². The van der Waals surface area contributed by atoms with Gasteiger partial charge in [0.25, 0.3) is 5.91 Å². The predicted molar refractivity (Wildman–Crippen MR) is 106 cm³/mol. The van der Waals surface area contributed by atoms with Crippen molar-refractivity contribution in [2.24, 2.45) is 0 Å². The van der Waals surface area contributed by atoms with E-state index in [2.05, 4.69) is 11.4 Å². The second kappa shape index (κ2) is 7.09. The van der Waals surface area contributed by atoms with Gasteiger partial charge in [0.2, 0.25) is 10.0 Å². The van der Waals surface area contributed by atoms with E-state index in [4.69, 9.17) is 0 Å². The first-order chi connectivity index (χ1) is 12.9. The highest BCUT2D eigenvalue weighted by atomic mass is 32.2. The molecule has 0 atom stereocenters. The van der Waals surface area contributed by atoms with Gasteiger partial charge >= 0.3 is 0 Å². The summed E-state index contributed by atoms with van der Waals surface area (Å²) in [5.41, 5.74) is 4.55. The minimum atomic E-state index is -3.54. The first-order valence-electron chi connectivity index (χ1n) is 9.49. The molecule has 1 heterocycles. The molecular weight excluding hydrogens is 360 g/mol. The molecule has 2 aromatic rings. The van der Waals surface area contributed by atoms with Crippen molar-refractivity contribution in [1.82, 2.24) is 4.31 Å². The van der Waals surface area contributed by atoms with Crippen LogP contribution in [0.3, 0.4) is 0 Å². The zero-order valence-electron chi connectivity index (χ0n) is 15.5. The molecule has 27 heavy (non-hydrogen) atoms. The van der Waals surface area contributed by atoms with Gasteiger partial charge < -0.3 is 5.32 Å². The van der Waals surface area contributed by atoms with E-state index in [-0.39, 0.29) is 10.8 Å². The number of rotatable bonds is 4. The van der Waals surface area contributed by atoms with Gasteiger partial charge in [0.1, 0.15) is 0 Å². The number of hydrogen-bond donors (Lipinski definition) is 1. The fourth-order valence-electron chi connectivity index (χ4n) is 3.93. The third-order valence-electron chi connectivity index (χ3n) is 5.51. The van der Waals surface area contributed by atoms with Gasteiger partial charge in [-0.2, -0.15) is 4.31 Å². The van der Waals surface area contributed by atoms with Crippen LogP contribution in [-0.4, -0.2) is 31.7 Å². The summed E-state index contributed by atoms with van der Waals surface area (Å²) < 4.78 is 27.1. The summed E-state index contributed by atoms with van der Waals surface area (Å²) in [4.78, 5) is 13.0. The first-order valence-corrected chi connectivity index (χ1v) is 10.9. The molecule has 0 aromatic heterocycles. The average Bonchev–Trinajstić information content (AvgIpc) is 3.33. The molecule has 1 N–H and O–H groups in total. The highest BCUT2D eigenvalue weighted by molar-refractivity contribution is 7.89. The minimum absolute atomic E-state index is 0.189. The topological polar surface area (TPSA) is 66.5 Å². The number of nitrogens with zero attached hydrogens (tertiary/aromatic N) is 1. The van der Waals surface area contributed by atoms with E-state index in [0.29, 0.717) is 18.7 Å². The maximum atomic E-state index is 12.8. The smallest absolute Gasteiger partial charge is 0.255 e. The number of benzene rings is 2. The molecule has 2 aliphatic rings. The molecule has 1 aliphatic carbocycles. The largest absolute Gasteiger partial charge is 0.322 e. The molecule has 142 valence electrons. The average molecular weight is 385 g/mol. The Morgan fingerprint density at radius 2 is 1.70 bits per heavy atom.